The molecule has 3 N–H and O–H groups in total. The zero-order valence-electron chi connectivity index (χ0n) is 12.0. The van der Waals surface area contributed by atoms with Crippen LogP contribution in [0.15, 0.2) is 48.8 Å². The highest BCUT2D eigenvalue weighted by atomic mass is 16.6. The van der Waals surface area contributed by atoms with Gasteiger partial charge in [0.25, 0.3) is 11.6 Å². The van der Waals surface area contributed by atoms with Gasteiger partial charge >= 0.3 is 0 Å². The monoisotopic (exact) mass is 314 g/mol. The SMILES string of the molecule is NC(=O)[C@H](Cc1ccc([N+](=O)[O-])cc1)NC(=O)c1ccncc1. The average molecular weight is 314 g/mol. The summed E-state index contributed by atoms with van der Waals surface area (Å²) in [6.45, 7) is 0. The lowest BCUT2D eigenvalue weighted by Gasteiger charge is -2.15. The van der Waals surface area contributed by atoms with E-state index in [4.69, 9.17) is 5.73 Å². The maximum absolute atomic E-state index is 12.1. The minimum Gasteiger partial charge on any atom is -0.368 e. The van der Waals surface area contributed by atoms with Crippen molar-refractivity contribution < 1.29 is 14.5 Å². The van der Waals surface area contributed by atoms with Crippen LogP contribution in [0, 0.1) is 10.1 Å². The van der Waals surface area contributed by atoms with Gasteiger partial charge in [-0.1, -0.05) is 12.1 Å². The first-order valence-electron chi connectivity index (χ1n) is 6.71. The van der Waals surface area contributed by atoms with Gasteiger partial charge in [-0.2, -0.15) is 0 Å². The maximum atomic E-state index is 12.1. The molecular weight excluding hydrogens is 300 g/mol. The normalized spacial score (nSPS) is 11.5. The molecule has 0 aliphatic heterocycles. The Morgan fingerprint density at radius 1 is 1.17 bits per heavy atom. The highest BCUT2D eigenvalue weighted by Crippen LogP contribution is 2.13. The summed E-state index contributed by atoms with van der Waals surface area (Å²) in [6, 6.07) is 7.81. The Labute approximate surface area is 131 Å². The number of aromatic nitrogens is 1. The summed E-state index contributed by atoms with van der Waals surface area (Å²) >= 11 is 0. The summed E-state index contributed by atoms with van der Waals surface area (Å²) in [7, 11) is 0. The average Bonchev–Trinajstić information content (AvgIpc) is 2.55. The number of benzene rings is 1. The second-order valence-corrected chi connectivity index (χ2v) is 4.79. The molecule has 0 spiro atoms. The van der Waals surface area contributed by atoms with Crippen molar-refractivity contribution in [2.45, 2.75) is 12.5 Å². The Morgan fingerprint density at radius 2 is 1.78 bits per heavy atom. The predicted octanol–water partition coefficient (Wildman–Crippen LogP) is 0.816. The number of primary amides is 1. The number of nitrogens with one attached hydrogen (secondary N) is 1. The Morgan fingerprint density at radius 3 is 2.30 bits per heavy atom. The van der Waals surface area contributed by atoms with Crippen LogP contribution in [0.25, 0.3) is 0 Å². The third-order valence-electron chi connectivity index (χ3n) is 3.18. The first-order chi connectivity index (χ1) is 11.0. The van der Waals surface area contributed by atoms with Gasteiger partial charge in [-0.05, 0) is 17.7 Å². The fourth-order valence-corrected chi connectivity index (χ4v) is 1.96. The molecule has 1 heterocycles. The highest BCUT2D eigenvalue weighted by Gasteiger charge is 2.19. The minimum atomic E-state index is -0.919. The molecule has 0 fully saturated rings. The van der Waals surface area contributed by atoms with Gasteiger partial charge in [0.1, 0.15) is 6.04 Å². The maximum Gasteiger partial charge on any atom is 0.269 e. The van der Waals surface area contributed by atoms with Crippen molar-refractivity contribution in [3.05, 3.63) is 70.0 Å². The van der Waals surface area contributed by atoms with Crippen LogP contribution in [0.3, 0.4) is 0 Å². The van der Waals surface area contributed by atoms with Crippen LogP contribution in [-0.2, 0) is 11.2 Å². The number of nitro benzene ring substituents is 1. The molecule has 2 amide bonds. The van der Waals surface area contributed by atoms with E-state index in [0.717, 1.165) is 0 Å². The molecule has 0 bridgehead atoms. The molecule has 2 rings (SSSR count). The van der Waals surface area contributed by atoms with Crippen LogP contribution in [0.1, 0.15) is 15.9 Å². The molecule has 8 nitrogen and oxygen atoms in total. The number of carbonyl (C=O) groups excluding carboxylic acids is 2. The lowest BCUT2D eigenvalue weighted by Crippen LogP contribution is -2.45. The van der Waals surface area contributed by atoms with E-state index in [0.29, 0.717) is 11.1 Å². The van der Waals surface area contributed by atoms with Crippen molar-refractivity contribution in [1.29, 1.82) is 0 Å². The molecule has 1 aromatic heterocycles. The van der Waals surface area contributed by atoms with Gasteiger partial charge in [0.2, 0.25) is 5.91 Å². The molecule has 2 aromatic rings. The summed E-state index contributed by atoms with van der Waals surface area (Å²) in [4.78, 5) is 37.5. The molecular formula is C15H14N4O4. The molecule has 8 heteroatoms. The Balaban J connectivity index is 2.08. The Kier molecular flexibility index (Phi) is 4.98. The first kappa shape index (κ1) is 16.1. The minimum absolute atomic E-state index is 0.0507. The number of non-ortho nitro benzene ring substituents is 1. The number of pyridine rings is 1. The van der Waals surface area contributed by atoms with Gasteiger partial charge in [-0.25, -0.2) is 0 Å². The van der Waals surface area contributed by atoms with Crippen molar-refractivity contribution in [3.63, 3.8) is 0 Å². The number of amides is 2. The van der Waals surface area contributed by atoms with Gasteiger partial charge in [-0.15, -0.1) is 0 Å². The van der Waals surface area contributed by atoms with Gasteiger partial charge in [0, 0.05) is 36.5 Å². The van der Waals surface area contributed by atoms with E-state index in [2.05, 4.69) is 10.3 Å². The molecule has 1 atom stereocenters. The topological polar surface area (TPSA) is 128 Å². The second kappa shape index (κ2) is 7.12. The Bertz CT molecular complexity index is 716. The number of nitro groups is 1. The van der Waals surface area contributed by atoms with Crippen LogP contribution >= 0.6 is 0 Å². The molecule has 23 heavy (non-hydrogen) atoms. The predicted molar refractivity (Wildman–Crippen MR) is 81.5 cm³/mol. The Hall–Kier alpha value is -3.29. The van der Waals surface area contributed by atoms with E-state index >= 15 is 0 Å². The molecule has 0 saturated heterocycles. The zero-order chi connectivity index (χ0) is 16.8. The van der Waals surface area contributed by atoms with E-state index in [-0.39, 0.29) is 12.1 Å². The van der Waals surface area contributed by atoms with Gasteiger partial charge < -0.3 is 11.1 Å². The summed E-state index contributed by atoms with van der Waals surface area (Å²) < 4.78 is 0. The zero-order valence-corrected chi connectivity index (χ0v) is 12.0. The number of carbonyl (C=O) groups is 2. The third-order valence-corrected chi connectivity index (χ3v) is 3.18. The lowest BCUT2D eigenvalue weighted by molar-refractivity contribution is -0.384. The number of hydrogen-bond donors (Lipinski definition) is 2. The fraction of sp³-hybridized carbons (Fsp3) is 0.133. The van der Waals surface area contributed by atoms with Gasteiger partial charge in [0.05, 0.1) is 4.92 Å². The molecule has 0 radical (unpaired) electrons. The van der Waals surface area contributed by atoms with Crippen LogP contribution in [0.2, 0.25) is 0 Å². The highest BCUT2D eigenvalue weighted by molar-refractivity contribution is 5.97. The molecule has 0 aliphatic rings. The molecule has 1 aromatic carbocycles. The first-order valence-corrected chi connectivity index (χ1v) is 6.71. The standard InChI is InChI=1S/C15H14N4O4/c16-14(20)13(18-15(21)11-5-7-17-8-6-11)9-10-1-3-12(4-2-10)19(22)23/h1-8,13H,9H2,(H2,16,20)(H,18,21)/t13-/m0/s1. The van der Waals surface area contributed by atoms with E-state index in [1.165, 1.54) is 48.8 Å². The quantitative estimate of drug-likeness (QED) is 0.602. The number of rotatable bonds is 6. The summed E-state index contributed by atoms with van der Waals surface area (Å²) in [5.41, 5.74) is 6.27. The number of nitrogens with zero attached hydrogens (tertiary/aromatic N) is 2. The molecule has 0 unspecified atom stereocenters. The van der Waals surface area contributed by atoms with Crippen LogP contribution in [0.5, 0.6) is 0 Å². The van der Waals surface area contributed by atoms with E-state index < -0.39 is 22.8 Å². The molecule has 0 aliphatic carbocycles. The van der Waals surface area contributed by atoms with Crippen LogP contribution in [-0.4, -0.2) is 27.8 Å². The molecule has 0 saturated carbocycles. The van der Waals surface area contributed by atoms with Crippen molar-refractivity contribution in [3.8, 4) is 0 Å². The lowest BCUT2D eigenvalue weighted by atomic mass is 10.0. The van der Waals surface area contributed by atoms with E-state index in [1.807, 2.05) is 0 Å². The number of hydrogen-bond acceptors (Lipinski definition) is 5. The second-order valence-electron chi connectivity index (χ2n) is 4.79. The van der Waals surface area contributed by atoms with E-state index in [1.54, 1.807) is 0 Å². The summed E-state index contributed by atoms with van der Waals surface area (Å²) in [5.74, 6) is -1.14. The summed E-state index contributed by atoms with van der Waals surface area (Å²) in [6.07, 6.45) is 3.07. The van der Waals surface area contributed by atoms with Crippen molar-refractivity contribution >= 4 is 17.5 Å². The summed E-state index contributed by atoms with van der Waals surface area (Å²) in [5, 5.41) is 13.2. The van der Waals surface area contributed by atoms with Crippen LogP contribution in [0.4, 0.5) is 5.69 Å². The van der Waals surface area contributed by atoms with Crippen LogP contribution < -0.4 is 11.1 Å². The van der Waals surface area contributed by atoms with Crippen molar-refractivity contribution in [2.24, 2.45) is 5.73 Å². The van der Waals surface area contributed by atoms with Gasteiger partial charge in [-0.3, -0.25) is 24.7 Å². The largest absolute Gasteiger partial charge is 0.368 e. The van der Waals surface area contributed by atoms with Crippen molar-refractivity contribution in [1.82, 2.24) is 10.3 Å². The van der Waals surface area contributed by atoms with E-state index in [9.17, 15) is 19.7 Å². The number of nitrogens with two attached hydrogens (primary N) is 1. The fourth-order valence-electron chi connectivity index (χ4n) is 1.96. The third kappa shape index (κ3) is 4.34. The van der Waals surface area contributed by atoms with Crippen molar-refractivity contribution in [2.75, 3.05) is 0 Å². The smallest absolute Gasteiger partial charge is 0.269 e. The molecule has 118 valence electrons. The van der Waals surface area contributed by atoms with Gasteiger partial charge in [0.15, 0.2) is 0 Å².